The van der Waals surface area contributed by atoms with Gasteiger partial charge in [0, 0.05) is 18.8 Å². The van der Waals surface area contributed by atoms with Crippen molar-refractivity contribution in [2.45, 2.75) is 71.1 Å². The summed E-state index contributed by atoms with van der Waals surface area (Å²) in [6, 6.07) is 0. The third kappa shape index (κ3) is 7.81. The van der Waals surface area contributed by atoms with Crippen LogP contribution in [0.3, 0.4) is 0 Å². The summed E-state index contributed by atoms with van der Waals surface area (Å²) in [6.45, 7) is 3.00. The summed E-state index contributed by atoms with van der Waals surface area (Å²) >= 11 is 5.81. The summed E-state index contributed by atoms with van der Waals surface area (Å²) in [5.74, 6) is 2.13. The van der Waals surface area contributed by atoms with E-state index in [1.165, 1.54) is 44.9 Å². The summed E-state index contributed by atoms with van der Waals surface area (Å²) in [7, 11) is 0. The monoisotopic (exact) mass is 287 g/mol. The van der Waals surface area contributed by atoms with Crippen molar-refractivity contribution in [3.05, 3.63) is 0 Å². The molecule has 0 aromatic heterocycles. The molecule has 1 unspecified atom stereocenters. The molecule has 0 saturated heterocycles. The Morgan fingerprint density at radius 1 is 1.21 bits per heavy atom. The SMILES string of the molecule is CCCC(CCCl)CNC(=O)CC1CCCCCC1. The normalized spacial score (nSPS) is 18.8. The fourth-order valence-corrected chi connectivity index (χ4v) is 3.38. The number of alkyl halides is 1. The Labute approximate surface area is 123 Å². The van der Waals surface area contributed by atoms with Crippen molar-refractivity contribution >= 4 is 17.5 Å². The molecule has 0 spiro atoms. The van der Waals surface area contributed by atoms with Gasteiger partial charge in [0.1, 0.15) is 0 Å². The van der Waals surface area contributed by atoms with Crippen LogP contribution in [0.4, 0.5) is 0 Å². The number of rotatable bonds is 8. The van der Waals surface area contributed by atoms with Gasteiger partial charge in [-0.15, -0.1) is 11.6 Å². The molecule has 3 heteroatoms. The molecule has 1 rings (SSSR count). The van der Waals surface area contributed by atoms with Crippen molar-refractivity contribution in [1.29, 1.82) is 0 Å². The number of carbonyl (C=O) groups excluding carboxylic acids is 1. The molecule has 2 nitrogen and oxygen atoms in total. The lowest BCUT2D eigenvalue weighted by molar-refractivity contribution is -0.122. The Balaban J connectivity index is 2.21. The van der Waals surface area contributed by atoms with Crippen molar-refractivity contribution in [1.82, 2.24) is 5.32 Å². The van der Waals surface area contributed by atoms with Gasteiger partial charge in [0.15, 0.2) is 0 Å². The summed E-state index contributed by atoms with van der Waals surface area (Å²) in [4.78, 5) is 12.0. The molecular weight excluding hydrogens is 258 g/mol. The standard InChI is InChI=1S/C16H30ClNO/c1-2-7-15(10-11-17)13-18-16(19)12-14-8-5-3-4-6-9-14/h14-15H,2-13H2,1H3,(H,18,19). The number of halogens is 1. The highest BCUT2D eigenvalue weighted by atomic mass is 35.5. The fraction of sp³-hybridized carbons (Fsp3) is 0.938. The first-order valence-electron chi connectivity index (χ1n) is 8.09. The van der Waals surface area contributed by atoms with E-state index in [1.54, 1.807) is 0 Å². The van der Waals surface area contributed by atoms with Gasteiger partial charge in [-0.05, 0) is 37.5 Å². The zero-order valence-corrected chi connectivity index (χ0v) is 13.2. The Kier molecular flexibility index (Phi) is 9.32. The Morgan fingerprint density at radius 2 is 1.89 bits per heavy atom. The van der Waals surface area contributed by atoms with E-state index in [0.29, 0.717) is 17.7 Å². The van der Waals surface area contributed by atoms with Crippen molar-refractivity contribution in [2.75, 3.05) is 12.4 Å². The van der Waals surface area contributed by atoms with Gasteiger partial charge >= 0.3 is 0 Å². The van der Waals surface area contributed by atoms with E-state index in [-0.39, 0.29) is 5.91 Å². The van der Waals surface area contributed by atoms with Crippen LogP contribution in [-0.2, 0) is 4.79 Å². The van der Waals surface area contributed by atoms with Crippen LogP contribution in [0.1, 0.15) is 71.1 Å². The lowest BCUT2D eigenvalue weighted by Crippen LogP contribution is -2.30. The smallest absolute Gasteiger partial charge is 0.220 e. The molecule has 19 heavy (non-hydrogen) atoms. The van der Waals surface area contributed by atoms with E-state index in [2.05, 4.69) is 12.2 Å². The van der Waals surface area contributed by atoms with Crippen LogP contribution >= 0.6 is 11.6 Å². The molecule has 0 radical (unpaired) electrons. The van der Waals surface area contributed by atoms with Gasteiger partial charge in [-0.3, -0.25) is 4.79 Å². The van der Waals surface area contributed by atoms with Crippen molar-refractivity contribution < 1.29 is 4.79 Å². The molecule has 1 saturated carbocycles. The molecule has 0 aromatic carbocycles. The van der Waals surface area contributed by atoms with E-state index in [0.717, 1.165) is 25.8 Å². The predicted octanol–water partition coefficient (Wildman–Crippen LogP) is 4.51. The number of hydrogen-bond donors (Lipinski definition) is 1. The Hall–Kier alpha value is -0.240. The van der Waals surface area contributed by atoms with Gasteiger partial charge in [-0.2, -0.15) is 0 Å². The molecular formula is C16H30ClNO. The number of amides is 1. The molecule has 0 aromatic rings. The number of carbonyl (C=O) groups is 1. The Bertz CT molecular complexity index is 231. The number of hydrogen-bond acceptors (Lipinski definition) is 1. The van der Waals surface area contributed by atoms with Gasteiger partial charge in [0.2, 0.25) is 5.91 Å². The minimum absolute atomic E-state index is 0.252. The van der Waals surface area contributed by atoms with E-state index in [9.17, 15) is 4.79 Å². The zero-order valence-electron chi connectivity index (χ0n) is 12.4. The van der Waals surface area contributed by atoms with Gasteiger partial charge in [0.05, 0.1) is 0 Å². The van der Waals surface area contributed by atoms with E-state index >= 15 is 0 Å². The van der Waals surface area contributed by atoms with Gasteiger partial charge < -0.3 is 5.32 Å². The van der Waals surface area contributed by atoms with Crippen LogP contribution in [0.25, 0.3) is 0 Å². The minimum Gasteiger partial charge on any atom is -0.356 e. The maximum atomic E-state index is 12.0. The molecule has 1 fully saturated rings. The van der Waals surface area contributed by atoms with Gasteiger partial charge in [0.25, 0.3) is 0 Å². The fourth-order valence-electron chi connectivity index (χ4n) is 3.07. The predicted molar refractivity (Wildman–Crippen MR) is 82.6 cm³/mol. The van der Waals surface area contributed by atoms with Crippen molar-refractivity contribution in [2.24, 2.45) is 11.8 Å². The second kappa shape index (κ2) is 10.5. The largest absolute Gasteiger partial charge is 0.356 e. The average molecular weight is 288 g/mol. The molecule has 1 aliphatic carbocycles. The molecule has 1 amide bonds. The molecule has 0 bridgehead atoms. The van der Waals surface area contributed by atoms with Gasteiger partial charge in [-0.1, -0.05) is 39.0 Å². The third-order valence-corrected chi connectivity index (χ3v) is 4.47. The lowest BCUT2D eigenvalue weighted by Gasteiger charge is -2.17. The molecule has 1 aliphatic rings. The van der Waals surface area contributed by atoms with Crippen molar-refractivity contribution in [3.8, 4) is 0 Å². The zero-order chi connectivity index (χ0) is 13.9. The van der Waals surface area contributed by atoms with Crippen LogP contribution < -0.4 is 5.32 Å². The maximum absolute atomic E-state index is 12.0. The second-order valence-electron chi connectivity index (χ2n) is 6.00. The van der Waals surface area contributed by atoms with Crippen molar-refractivity contribution in [3.63, 3.8) is 0 Å². The highest BCUT2D eigenvalue weighted by Gasteiger charge is 2.16. The summed E-state index contributed by atoms with van der Waals surface area (Å²) in [5.41, 5.74) is 0. The van der Waals surface area contributed by atoms with Crippen LogP contribution in [0, 0.1) is 11.8 Å². The first-order valence-corrected chi connectivity index (χ1v) is 8.62. The minimum atomic E-state index is 0.252. The topological polar surface area (TPSA) is 29.1 Å². The second-order valence-corrected chi connectivity index (χ2v) is 6.38. The first-order chi connectivity index (χ1) is 9.26. The quantitative estimate of drug-likeness (QED) is 0.516. The average Bonchev–Trinajstić information content (AvgIpc) is 2.65. The van der Waals surface area contributed by atoms with Gasteiger partial charge in [-0.25, -0.2) is 0 Å². The highest BCUT2D eigenvalue weighted by molar-refractivity contribution is 6.17. The lowest BCUT2D eigenvalue weighted by atomic mass is 9.96. The number of nitrogens with one attached hydrogen (secondary N) is 1. The molecule has 1 N–H and O–H groups in total. The molecule has 0 aliphatic heterocycles. The summed E-state index contributed by atoms with van der Waals surface area (Å²) < 4.78 is 0. The van der Waals surface area contributed by atoms with E-state index < -0.39 is 0 Å². The first kappa shape index (κ1) is 16.8. The Morgan fingerprint density at radius 3 is 2.47 bits per heavy atom. The molecule has 0 heterocycles. The highest BCUT2D eigenvalue weighted by Crippen LogP contribution is 2.25. The molecule has 112 valence electrons. The van der Waals surface area contributed by atoms with Crippen LogP contribution in [-0.4, -0.2) is 18.3 Å². The maximum Gasteiger partial charge on any atom is 0.220 e. The summed E-state index contributed by atoms with van der Waals surface area (Å²) in [6.07, 6.45) is 11.9. The van der Waals surface area contributed by atoms with Crippen LogP contribution in [0.5, 0.6) is 0 Å². The molecule has 1 atom stereocenters. The summed E-state index contributed by atoms with van der Waals surface area (Å²) in [5, 5.41) is 3.12. The van der Waals surface area contributed by atoms with E-state index in [4.69, 9.17) is 11.6 Å². The van der Waals surface area contributed by atoms with E-state index in [1.807, 2.05) is 0 Å². The third-order valence-electron chi connectivity index (χ3n) is 4.25. The van der Waals surface area contributed by atoms with Crippen LogP contribution in [0.15, 0.2) is 0 Å². The van der Waals surface area contributed by atoms with Crippen LogP contribution in [0.2, 0.25) is 0 Å².